The second-order valence-electron chi connectivity index (χ2n) is 5.00. The Balaban J connectivity index is 0.00000180. The van der Waals surface area contributed by atoms with Gasteiger partial charge in [-0.15, -0.1) is 12.4 Å². The van der Waals surface area contributed by atoms with Crippen LogP contribution in [0, 0.1) is 5.41 Å². The maximum Gasteiger partial charge on any atom is 0.227 e. The molecule has 0 saturated heterocycles. The summed E-state index contributed by atoms with van der Waals surface area (Å²) in [5.74, 6) is 0.113. The van der Waals surface area contributed by atoms with Crippen LogP contribution in [0.1, 0.15) is 31.2 Å². The fourth-order valence-corrected chi connectivity index (χ4v) is 3.04. The highest BCUT2D eigenvalue weighted by atomic mass is 79.9. The SMILES string of the molecule is Cl.NCC1(C(=O)NCc2cccc(Br)c2)CCCC1. The van der Waals surface area contributed by atoms with E-state index < -0.39 is 0 Å². The van der Waals surface area contributed by atoms with Gasteiger partial charge >= 0.3 is 0 Å². The van der Waals surface area contributed by atoms with Crippen LogP contribution in [0.3, 0.4) is 0 Å². The molecule has 0 radical (unpaired) electrons. The Morgan fingerprint density at radius 1 is 1.37 bits per heavy atom. The zero-order chi connectivity index (χ0) is 13.0. The maximum atomic E-state index is 12.3. The standard InChI is InChI=1S/C14H19BrN2O.ClH/c15-12-5-3-4-11(8-12)9-17-13(18)14(10-16)6-1-2-7-14;/h3-5,8H,1-2,6-7,9-10,16H2,(H,17,18);1H. The van der Waals surface area contributed by atoms with E-state index in [9.17, 15) is 4.79 Å². The van der Waals surface area contributed by atoms with E-state index in [1.165, 1.54) is 0 Å². The number of halogens is 2. The third kappa shape index (κ3) is 3.94. The fraction of sp³-hybridized carbons (Fsp3) is 0.500. The average Bonchev–Trinajstić information content (AvgIpc) is 2.86. The zero-order valence-electron chi connectivity index (χ0n) is 10.8. The van der Waals surface area contributed by atoms with Crippen molar-refractivity contribution in [2.24, 2.45) is 11.1 Å². The molecule has 5 heteroatoms. The average molecular weight is 348 g/mol. The van der Waals surface area contributed by atoms with Crippen molar-refractivity contribution in [3.05, 3.63) is 34.3 Å². The molecule has 1 aromatic rings. The lowest BCUT2D eigenvalue weighted by atomic mass is 9.85. The highest BCUT2D eigenvalue weighted by Crippen LogP contribution is 2.37. The molecule has 1 aliphatic rings. The molecule has 3 nitrogen and oxygen atoms in total. The molecule has 2 rings (SSSR count). The Labute approximate surface area is 128 Å². The predicted octanol–water partition coefficient (Wildman–Crippen LogP) is 3.01. The summed E-state index contributed by atoms with van der Waals surface area (Å²) in [5.41, 5.74) is 6.58. The summed E-state index contributed by atoms with van der Waals surface area (Å²) < 4.78 is 1.03. The van der Waals surface area contributed by atoms with Crippen molar-refractivity contribution in [1.29, 1.82) is 0 Å². The van der Waals surface area contributed by atoms with Crippen molar-refractivity contribution in [1.82, 2.24) is 5.32 Å². The number of nitrogens with one attached hydrogen (secondary N) is 1. The van der Waals surface area contributed by atoms with Crippen LogP contribution in [0.2, 0.25) is 0 Å². The van der Waals surface area contributed by atoms with Crippen molar-refractivity contribution in [3.8, 4) is 0 Å². The monoisotopic (exact) mass is 346 g/mol. The number of hydrogen-bond donors (Lipinski definition) is 2. The minimum absolute atomic E-state index is 0. The van der Waals surface area contributed by atoms with Crippen molar-refractivity contribution >= 4 is 34.2 Å². The topological polar surface area (TPSA) is 55.1 Å². The summed E-state index contributed by atoms with van der Waals surface area (Å²) in [4.78, 5) is 12.3. The largest absolute Gasteiger partial charge is 0.352 e. The van der Waals surface area contributed by atoms with Crippen LogP contribution < -0.4 is 11.1 Å². The number of carbonyl (C=O) groups is 1. The van der Waals surface area contributed by atoms with Crippen LogP contribution in [-0.2, 0) is 11.3 Å². The third-order valence-electron chi connectivity index (χ3n) is 3.78. The highest BCUT2D eigenvalue weighted by molar-refractivity contribution is 9.10. The van der Waals surface area contributed by atoms with E-state index in [4.69, 9.17) is 5.73 Å². The first kappa shape index (κ1) is 16.5. The van der Waals surface area contributed by atoms with Crippen molar-refractivity contribution in [2.75, 3.05) is 6.54 Å². The molecular formula is C14H20BrClN2O. The van der Waals surface area contributed by atoms with Crippen molar-refractivity contribution in [2.45, 2.75) is 32.2 Å². The van der Waals surface area contributed by atoms with Gasteiger partial charge in [-0.25, -0.2) is 0 Å². The molecule has 0 bridgehead atoms. The molecule has 0 spiro atoms. The van der Waals surface area contributed by atoms with Gasteiger partial charge in [0.05, 0.1) is 5.41 Å². The van der Waals surface area contributed by atoms with Gasteiger partial charge in [0.25, 0.3) is 0 Å². The van der Waals surface area contributed by atoms with Crippen molar-refractivity contribution in [3.63, 3.8) is 0 Å². The molecule has 1 amide bonds. The van der Waals surface area contributed by atoms with Gasteiger partial charge in [-0.2, -0.15) is 0 Å². The van der Waals surface area contributed by atoms with Gasteiger partial charge < -0.3 is 11.1 Å². The van der Waals surface area contributed by atoms with Gasteiger partial charge in [-0.3, -0.25) is 4.79 Å². The van der Waals surface area contributed by atoms with E-state index in [1.54, 1.807) is 0 Å². The van der Waals surface area contributed by atoms with Gasteiger partial charge in [0.1, 0.15) is 0 Å². The second kappa shape index (κ2) is 7.27. The maximum absolute atomic E-state index is 12.3. The molecule has 0 heterocycles. The minimum Gasteiger partial charge on any atom is -0.352 e. The van der Waals surface area contributed by atoms with Gasteiger partial charge in [0.15, 0.2) is 0 Å². The quantitative estimate of drug-likeness (QED) is 0.879. The van der Waals surface area contributed by atoms with E-state index in [1.807, 2.05) is 24.3 Å². The summed E-state index contributed by atoms with van der Waals surface area (Å²) in [7, 11) is 0. The Hall–Kier alpha value is -0.580. The molecule has 3 N–H and O–H groups in total. The minimum atomic E-state index is -0.313. The molecule has 1 fully saturated rings. The molecule has 1 aliphatic carbocycles. The molecule has 0 atom stereocenters. The van der Waals surface area contributed by atoms with Crippen LogP contribution >= 0.6 is 28.3 Å². The number of benzene rings is 1. The van der Waals surface area contributed by atoms with Crippen LogP contribution in [0.15, 0.2) is 28.7 Å². The number of hydrogen-bond acceptors (Lipinski definition) is 2. The van der Waals surface area contributed by atoms with E-state index >= 15 is 0 Å². The van der Waals surface area contributed by atoms with Gasteiger partial charge in [0, 0.05) is 17.6 Å². The lowest BCUT2D eigenvalue weighted by Gasteiger charge is -2.25. The van der Waals surface area contributed by atoms with Gasteiger partial charge in [-0.1, -0.05) is 40.9 Å². The summed E-state index contributed by atoms with van der Waals surface area (Å²) >= 11 is 3.43. The van der Waals surface area contributed by atoms with Gasteiger partial charge in [-0.05, 0) is 30.5 Å². The molecule has 19 heavy (non-hydrogen) atoms. The zero-order valence-corrected chi connectivity index (χ0v) is 13.2. The Kier molecular flexibility index (Phi) is 6.30. The third-order valence-corrected chi connectivity index (χ3v) is 4.27. The molecular weight excluding hydrogens is 328 g/mol. The lowest BCUT2D eigenvalue weighted by molar-refractivity contribution is -0.130. The summed E-state index contributed by atoms with van der Waals surface area (Å²) in [6.07, 6.45) is 4.07. The van der Waals surface area contributed by atoms with E-state index in [0.29, 0.717) is 13.1 Å². The molecule has 1 saturated carbocycles. The van der Waals surface area contributed by atoms with Crippen LogP contribution in [0.25, 0.3) is 0 Å². The first-order chi connectivity index (χ1) is 8.66. The Morgan fingerprint density at radius 3 is 2.63 bits per heavy atom. The van der Waals surface area contributed by atoms with Crippen LogP contribution in [0.5, 0.6) is 0 Å². The van der Waals surface area contributed by atoms with E-state index in [0.717, 1.165) is 35.7 Å². The predicted molar refractivity (Wildman–Crippen MR) is 83.2 cm³/mol. The van der Waals surface area contributed by atoms with E-state index in [-0.39, 0.29) is 23.7 Å². The second-order valence-corrected chi connectivity index (χ2v) is 5.92. The highest BCUT2D eigenvalue weighted by Gasteiger charge is 2.39. The Morgan fingerprint density at radius 2 is 2.05 bits per heavy atom. The number of rotatable bonds is 4. The smallest absolute Gasteiger partial charge is 0.227 e. The molecule has 106 valence electrons. The fourth-order valence-electron chi connectivity index (χ4n) is 2.59. The van der Waals surface area contributed by atoms with Crippen molar-refractivity contribution < 1.29 is 4.79 Å². The molecule has 1 aromatic carbocycles. The number of nitrogens with two attached hydrogens (primary N) is 1. The molecule has 0 unspecified atom stereocenters. The summed E-state index contributed by atoms with van der Waals surface area (Å²) in [6, 6.07) is 7.97. The molecule has 0 aromatic heterocycles. The van der Waals surface area contributed by atoms with Crippen LogP contribution in [-0.4, -0.2) is 12.5 Å². The molecule has 0 aliphatic heterocycles. The Bertz CT molecular complexity index is 433. The summed E-state index contributed by atoms with van der Waals surface area (Å²) in [6.45, 7) is 1.03. The number of carbonyl (C=O) groups excluding carboxylic acids is 1. The van der Waals surface area contributed by atoms with Gasteiger partial charge in [0.2, 0.25) is 5.91 Å². The lowest BCUT2D eigenvalue weighted by Crippen LogP contribution is -2.43. The normalized spacial score (nSPS) is 16.7. The van der Waals surface area contributed by atoms with Crippen LogP contribution in [0.4, 0.5) is 0 Å². The first-order valence-electron chi connectivity index (χ1n) is 6.39. The number of amides is 1. The first-order valence-corrected chi connectivity index (χ1v) is 7.18. The summed E-state index contributed by atoms with van der Waals surface area (Å²) in [5, 5.41) is 3.02. The van der Waals surface area contributed by atoms with E-state index in [2.05, 4.69) is 21.2 Å².